The average Bonchev–Trinajstić information content (AvgIpc) is 2.97. The number of carbonyl (C=O) groups is 2. The van der Waals surface area contributed by atoms with Gasteiger partial charge in [0.1, 0.15) is 6.04 Å². The molecule has 0 N–H and O–H groups in total. The molecule has 2 aliphatic rings. The summed E-state index contributed by atoms with van der Waals surface area (Å²) in [5.74, 6) is 1.10. The molecule has 0 bridgehead atoms. The molecule has 4 nitrogen and oxygen atoms in total. The third-order valence-corrected chi connectivity index (χ3v) is 6.50. The number of hydrogen-bond acceptors (Lipinski definition) is 2. The van der Waals surface area contributed by atoms with E-state index in [1.54, 1.807) is 12.1 Å². The smallest absolute Gasteiger partial charge is 0.254 e. The van der Waals surface area contributed by atoms with Gasteiger partial charge in [-0.05, 0) is 32.1 Å². The SMILES string of the molecule is CCCC[n+]1c2c(n(C3CCCCCCC3)c1C)C(=O)c1ccccc1C2=O.[Br-]. The molecule has 0 aliphatic heterocycles. The summed E-state index contributed by atoms with van der Waals surface area (Å²) in [6, 6.07) is 7.63. The van der Waals surface area contributed by atoms with Gasteiger partial charge in [0.2, 0.25) is 23.0 Å². The molecule has 1 saturated carbocycles. The Bertz CT molecular complexity index is 908. The quantitative estimate of drug-likeness (QED) is 0.560. The Kier molecular flexibility index (Phi) is 7.10. The van der Waals surface area contributed by atoms with Crippen LogP contribution in [-0.2, 0) is 6.54 Å². The molecular weight excluding hydrogens is 428 g/mol. The molecule has 4 rings (SSSR count). The number of ketones is 2. The Morgan fingerprint density at radius 2 is 1.55 bits per heavy atom. The summed E-state index contributed by atoms with van der Waals surface area (Å²) >= 11 is 0. The third kappa shape index (κ3) is 3.86. The molecule has 5 heteroatoms. The van der Waals surface area contributed by atoms with Gasteiger partial charge in [0, 0.05) is 18.1 Å². The fraction of sp³-hybridized carbons (Fsp3) is 0.542. The molecule has 1 aromatic heterocycles. The predicted octanol–water partition coefficient (Wildman–Crippen LogP) is 1.95. The van der Waals surface area contributed by atoms with Crippen LogP contribution in [0.2, 0.25) is 0 Å². The summed E-state index contributed by atoms with van der Waals surface area (Å²) in [7, 11) is 0. The minimum absolute atomic E-state index is 0. The molecule has 29 heavy (non-hydrogen) atoms. The summed E-state index contributed by atoms with van der Waals surface area (Å²) in [5.41, 5.74) is 2.38. The van der Waals surface area contributed by atoms with E-state index in [4.69, 9.17) is 0 Å². The van der Waals surface area contributed by atoms with Gasteiger partial charge in [0.05, 0.1) is 6.54 Å². The first-order valence-electron chi connectivity index (χ1n) is 11.0. The number of fused-ring (bicyclic) bond motifs is 2. The zero-order valence-corrected chi connectivity index (χ0v) is 19.1. The van der Waals surface area contributed by atoms with E-state index in [1.165, 1.54) is 32.1 Å². The minimum Gasteiger partial charge on any atom is -1.00 e. The molecule has 0 spiro atoms. The van der Waals surface area contributed by atoms with Gasteiger partial charge in [-0.2, -0.15) is 0 Å². The van der Waals surface area contributed by atoms with Gasteiger partial charge in [-0.1, -0.05) is 56.9 Å². The van der Waals surface area contributed by atoms with Gasteiger partial charge >= 0.3 is 0 Å². The van der Waals surface area contributed by atoms with Crippen LogP contribution in [0, 0.1) is 6.92 Å². The maximum Gasteiger partial charge on any atom is 0.254 e. The first-order chi connectivity index (χ1) is 13.6. The van der Waals surface area contributed by atoms with Crippen LogP contribution >= 0.6 is 0 Å². The van der Waals surface area contributed by atoms with Crippen LogP contribution in [0.25, 0.3) is 0 Å². The van der Waals surface area contributed by atoms with Crippen LogP contribution in [0.1, 0.15) is 109 Å². The number of unbranched alkanes of at least 4 members (excludes halogenated alkanes) is 1. The van der Waals surface area contributed by atoms with Gasteiger partial charge in [-0.15, -0.1) is 0 Å². The van der Waals surface area contributed by atoms with Gasteiger partial charge in [0.25, 0.3) is 5.82 Å². The van der Waals surface area contributed by atoms with Crippen molar-refractivity contribution in [2.45, 2.75) is 84.2 Å². The molecule has 0 unspecified atom stereocenters. The van der Waals surface area contributed by atoms with Crippen molar-refractivity contribution >= 4 is 11.6 Å². The summed E-state index contributed by atoms with van der Waals surface area (Å²) < 4.78 is 4.38. The van der Waals surface area contributed by atoms with Crippen molar-refractivity contribution in [3.05, 3.63) is 52.6 Å². The standard InChI is InChI=1S/C24H31N2O2.BrH/c1-3-4-16-25-17(2)26(18-12-8-6-5-7-9-13-18)22-21(25)23(27)19-14-10-11-15-20(19)24(22)28;/h10-11,14-15,18H,3-9,12-13,16H2,1-2H3;1H/q+1;/p-1. The lowest BCUT2D eigenvalue weighted by atomic mass is 9.89. The lowest BCUT2D eigenvalue weighted by molar-refractivity contribution is -0.704. The highest BCUT2D eigenvalue weighted by molar-refractivity contribution is 6.26. The number of imidazole rings is 1. The Balaban J connectivity index is 0.00000240. The number of halogens is 1. The molecular formula is C24H31BrN2O2. The van der Waals surface area contributed by atoms with Crippen LogP contribution in [0.3, 0.4) is 0 Å². The predicted molar refractivity (Wildman–Crippen MR) is 109 cm³/mol. The van der Waals surface area contributed by atoms with Crippen LogP contribution < -0.4 is 21.5 Å². The maximum atomic E-state index is 13.5. The average molecular weight is 459 g/mol. The summed E-state index contributed by atoms with van der Waals surface area (Å²) in [6.07, 6.45) is 10.5. The van der Waals surface area contributed by atoms with Gasteiger partial charge in [-0.25, -0.2) is 9.13 Å². The zero-order chi connectivity index (χ0) is 19.7. The van der Waals surface area contributed by atoms with Gasteiger partial charge in [-0.3, -0.25) is 9.59 Å². The van der Waals surface area contributed by atoms with Crippen molar-refractivity contribution in [1.82, 2.24) is 4.57 Å². The number of rotatable bonds is 4. The molecule has 2 aromatic rings. The number of nitrogens with zero attached hydrogens (tertiary/aromatic N) is 2. The van der Waals surface area contributed by atoms with E-state index in [1.807, 2.05) is 12.1 Å². The second-order valence-electron chi connectivity index (χ2n) is 8.32. The fourth-order valence-electron chi connectivity index (χ4n) is 5.01. The van der Waals surface area contributed by atoms with Crippen LogP contribution in [0.15, 0.2) is 24.3 Å². The molecule has 0 atom stereocenters. The van der Waals surface area contributed by atoms with Gasteiger partial charge in [0.15, 0.2) is 0 Å². The second-order valence-corrected chi connectivity index (χ2v) is 8.32. The zero-order valence-electron chi connectivity index (χ0n) is 17.5. The topological polar surface area (TPSA) is 43.0 Å². The van der Waals surface area contributed by atoms with Crippen LogP contribution in [0.5, 0.6) is 0 Å². The number of carbonyl (C=O) groups excluding carboxylic acids is 2. The summed E-state index contributed by atoms with van der Waals surface area (Å²) in [6.45, 7) is 5.06. The molecule has 1 fully saturated rings. The van der Waals surface area contributed by atoms with Crippen molar-refractivity contribution < 1.29 is 31.1 Å². The van der Waals surface area contributed by atoms with Crippen LogP contribution in [-0.4, -0.2) is 16.1 Å². The lowest BCUT2D eigenvalue weighted by Gasteiger charge is -2.20. The van der Waals surface area contributed by atoms with E-state index in [-0.39, 0.29) is 28.5 Å². The monoisotopic (exact) mass is 458 g/mol. The Hall–Kier alpha value is -1.75. The summed E-state index contributed by atoms with van der Waals surface area (Å²) in [5, 5.41) is 0. The Labute approximate surface area is 184 Å². The molecule has 1 aromatic carbocycles. The molecule has 2 aliphatic carbocycles. The van der Waals surface area contributed by atoms with Crippen molar-refractivity contribution in [2.75, 3.05) is 0 Å². The van der Waals surface area contributed by atoms with Crippen molar-refractivity contribution in [3.8, 4) is 0 Å². The third-order valence-electron chi connectivity index (χ3n) is 6.50. The second kappa shape index (κ2) is 9.38. The number of aromatic nitrogens is 2. The largest absolute Gasteiger partial charge is 1.00 e. The molecule has 0 radical (unpaired) electrons. The first kappa shape index (κ1) is 21.9. The highest BCUT2D eigenvalue weighted by Gasteiger charge is 2.44. The van der Waals surface area contributed by atoms with Crippen LogP contribution in [0.4, 0.5) is 0 Å². The normalized spacial score (nSPS) is 17.2. The van der Waals surface area contributed by atoms with E-state index in [2.05, 4.69) is 23.0 Å². The number of hydrogen-bond donors (Lipinski definition) is 0. The molecule has 0 saturated heterocycles. The lowest BCUT2D eigenvalue weighted by Crippen LogP contribution is -3.00. The molecule has 156 valence electrons. The van der Waals surface area contributed by atoms with Crippen molar-refractivity contribution in [2.24, 2.45) is 0 Å². The first-order valence-corrected chi connectivity index (χ1v) is 11.0. The highest BCUT2D eigenvalue weighted by atomic mass is 79.9. The van der Waals surface area contributed by atoms with Crippen molar-refractivity contribution in [1.29, 1.82) is 0 Å². The Morgan fingerprint density at radius 1 is 0.966 bits per heavy atom. The van der Waals surface area contributed by atoms with E-state index in [0.29, 0.717) is 28.6 Å². The minimum atomic E-state index is 0. The van der Waals surface area contributed by atoms with E-state index in [9.17, 15) is 9.59 Å². The van der Waals surface area contributed by atoms with E-state index in [0.717, 1.165) is 38.1 Å². The van der Waals surface area contributed by atoms with E-state index >= 15 is 0 Å². The summed E-state index contributed by atoms with van der Waals surface area (Å²) in [4.78, 5) is 26.9. The Morgan fingerprint density at radius 3 is 2.17 bits per heavy atom. The highest BCUT2D eigenvalue weighted by Crippen LogP contribution is 2.33. The molecule has 0 amide bonds. The van der Waals surface area contributed by atoms with Crippen molar-refractivity contribution in [3.63, 3.8) is 0 Å². The maximum absolute atomic E-state index is 13.5. The number of benzene rings is 1. The fourth-order valence-corrected chi connectivity index (χ4v) is 5.01. The molecule has 1 heterocycles. The van der Waals surface area contributed by atoms with E-state index < -0.39 is 0 Å². The van der Waals surface area contributed by atoms with Gasteiger partial charge < -0.3 is 17.0 Å².